The molecule has 0 unspecified atom stereocenters. The number of allylic oxidation sites excluding steroid dienone is 6. The maximum absolute atomic E-state index is 10.1. The van der Waals surface area contributed by atoms with Crippen LogP contribution in [0.2, 0.25) is 0 Å². The minimum absolute atomic E-state index is 0.729. The molecule has 0 N–H and O–H groups in total. The van der Waals surface area contributed by atoms with Gasteiger partial charge < -0.3 is 4.79 Å². The molecule has 0 aliphatic heterocycles. The smallest absolute Gasteiger partial charge is 0.119 e. The van der Waals surface area contributed by atoms with Gasteiger partial charge in [-0.1, -0.05) is 56.2 Å². The third kappa shape index (κ3) is 14.9. The first-order valence-electron chi connectivity index (χ1n) is 7.30. The summed E-state index contributed by atoms with van der Waals surface area (Å²) in [4.78, 5) is 10.1. The molecule has 102 valence electrons. The van der Waals surface area contributed by atoms with E-state index in [0.29, 0.717) is 0 Å². The first-order chi connectivity index (χ1) is 8.91. The largest absolute Gasteiger partial charge is 0.303 e. The van der Waals surface area contributed by atoms with E-state index in [1.165, 1.54) is 25.7 Å². The number of aldehydes is 1. The van der Waals surface area contributed by atoms with Crippen LogP contribution < -0.4 is 0 Å². The molecule has 0 radical (unpaired) electrons. The minimum atomic E-state index is 0.729. The molecule has 18 heavy (non-hydrogen) atoms. The summed E-state index contributed by atoms with van der Waals surface area (Å²) in [5.74, 6) is 0. The molecule has 0 aromatic rings. The molecule has 0 aliphatic carbocycles. The molecule has 0 amide bonds. The molecule has 0 rings (SSSR count). The Morgan fingerprint density at radius 2 is 1.22 bits per heavy atom. The van der Waals surface area contributed by atoms with E-state index < -0.39 is 0 Å². The molecule has 0 fully saturated rings. The molecule has 0 bridgehead atoms. The van der Waals surface area contributed by atoms with Gasteiger partial charge in [0, 0.05) is 6.42 Å². The minimum Gasteiger partial charge on any atom is -0.303 e. The highest BCUT2D eigenvalue weighted by Gasteiger charge is 1.87. The predicted octanol–water partition coefficient (Wildman–Crippen LogP) is 5.38. The maximum Gasteiger partial charge on any atom is 0.119 e. The SMILES string of the molecule is CCC=CC/C=C\C/C=C\CCCCCCC=O. The van der Waals surface area contributed by atoms with Crippen molar-refractivity contribution in [2.75, 3.05) is 0 Å². The second-order valence-corrected chi connectivity index (χ2v) is 4.45. The standard InChI is InChI=1S/C17H28O/c1-2-3-4-5-6-7-8-9-10-11-12-13-14-15-16-17-18/h3-4,6-7,9-10,17H,2,5,8,11-16H2,1H3/b4-3?,7-6-,10-9-. The van der Waals surface area contributed by atoms with Crippen molar-refractivity contribution in [3.05, 3.63) is 36.5 Å². The fraction of sp³-hybridized carbons (Fsp3) is 0.588. The third-order valence-electron chi connectivity index (χ3n) is 2.72. The van der Waals surface area contributed by atoms with Crippen LogP contribution in [0.5, 0.6) is 0 Å². The van der Waals surface area contributed by atoms with Crippen LogP contribution in [0.25, 0.3) is 0 Å². The molecule has 0 aromatic carbocycles. The monoisotopic (exact) mass is 248 g/mol. The summed E-state index contributed by atoms with van der Waals surface area (Å²) < 4.78 is 0. The van der Waals surface area contributed by atoms with Crippen LogP contribution in [0, 0.1) is 0 Å². The summed E-state index contributed by atoms with van der Waals surface area (Å²) in [6, 6.07) is 0. The molecule has 0 heterocycles. The highest BCUT2D eigenvalue weighted by atomic mass is 16.1. The Hall–Kier alpha value is -1.11. The molecule has 1 nitrogen and oxygen atoms in total. The van der Waals surface area contributed by atoms with Crippen molar-refractivity contribution in [1.29, 1.82) is 0 Å². The van der Waals surface area contributed by atoms with Gasteiger partial charge in [0.1, 0.15) is 6.29 Å². The second kappa shape index (κ2) is 15.9. The van der Waals surface area contributed by atoms with Gasteiger partial charge in [-0.2, -0.15) is 0 Å². The quantitative estimate of drug-likeness (QED) is 0.257. The second-order valence-electron chi connectivity index (χ2n) is 4.45. The molecule has 0 saturated heterocycles. The van der Waals surface area contributed by atoms with Gasteiger partial charge in [-0.05, 0) is 38.5 Å². The van der Waals surface area contributed by atoms with Crippen LogP contribution in [0.1, 0.15) is 64.7 Å². The molecule has 0 aromatic heterocycles. The summed E-state index contributed by atoms with van der Waals surface area (Å²) >= 11 is 0. The van der Waals surface area contributed by atoms with Gasteiger partial charge in [0.15, 0.2) is 0 Å². The molecule has 0 atom stereocenters. The van der Waals surface area contributed by atoms with Crippen LogP contribution in [0.3, 0.4) is 0 Å². The van der Waals surface area contributed by atoms with E-state index in [1.54, 1.807) is 0 Å². The lowest BCUT2D eigenvalue weighted by molar-refractivity contribution is -0.107. The number of carbonyl (C=O) groups excluding carboxylic acids is 1. The topological polar surface area (TPSA) is 17.1 Å². The Morgan fingerprint density at radius 3 is 1.83 bits per heavy atom. The van der Waals surface area contributed by atoms with Crippen LogP contribution >= 0.6 is 0 Å². The highest BCUT2D eigenvalue weighted by molar-refractivity contribution is 5.48. The van der Waals surface area contributed by atoms with Crippen molar-refractivity contribution >= 4 is 6.29 Å². The molecule has 0 saturated carbocycles. The molecular formula is C17H28O. The van der Waals surface area contributed by atoms with E-state index in [9.17, 15) is 4.79 Å². The van der Waals surface area contributed by atoms with Gasteiger partial charge in [-0.3, -0.25) is 0 Å². The van der Waals surface area contributed by atoms with E-state index in [1.807, 2.05) is 0 Å². The Balaban J connectivity index is 3.22. The lowest BCUT2D eigenvalue weighted by Crippen LogP contribution is -1.79. The molecule has 1 heteroatoms. The zero-order valence-corrected chi connectivity index (χ0v) is 11.8. The zero-order chi connectivity index (χ0) is 13.3. The van der Waals surface area contributed by atoms with E-state index in [2.05, 4.69) is 43.4 Å². The predicted molar refractivity (Wildman–Crippen MR) is 80.7 cm³/mol. The number of hydrogen-bond acceptors (Lipinski definition) is 1. The molecule has 0 aliphatic rings. The Morgan fingerprint density at radius 1 is 0.667 bits per heavy atom. The van der Waals surface area contributed by atoms with Crippen LogP contribution in [0.4, 0.5) is 0 Å². The average Bonchev–Trinajstić information content (AvgIpc) is 2.39. The van der Waals surface area contributed by atoms with Crippen molar-refractivity contribution in [2.24, 2.45) is 0 Å². The third-order valence-corrected chi connectivity index (χ3v) is 2.72. The van der Waals surface area contributed by atoms with Crippen molar-refractivity contribution in [2.45, 2.75) is 64.7 Å². The summed E-state index contributed by atoms with van der Waals surface area (Å²) in [6.07, 6.45) is 24.2. The van der Waals surface area contributed by atoms with Crippen molar-refractivity contribution < 1.29 is 4.79 Å². The van der Waals surface area contributed by atoms with Crippen molar-refractivity contribution in [3.8, 4) is 0 Å². The fourth-order valence-corrected chi connectivity index (χ4v) is 1.67. The van der Waals surface area contributed by atoms with Gasteiger partial charge in [-0.25, -0.2) is 0 Å². The highest BCUT2D eigenvalue weighted by Crippen LogP contribution is 2.05. The molecule has 0 spiro atoms. The Labute approximate surface area is 113 Å². The number of carbonyl (C=O) groups is 1. The average molecular weight is 248 g/mol. The van der Waals surface area contributed by atoms with Crippen LogP contribution in [-0.4, -0.2) is 6.29 Å². The summed E-state index contributed by atoms with van der Waals surface area (Å²) in [7, 11) is 0. The van der Waals surface area contributed by atoms with Gasteiger partial charge in [-0.15, -0.1) is 0 Å². The fourth-order valence-electron chi connectivity index (χ4n) is 1.67. The van der Waals surface area contributed by atoms with Crippen molar-refractivity contribution in [3.63, 3.8) is 0 Å². The Bertz CT molecular complexity index is 248. The van der Waals surface area contributed by atoms with E-state index in [4.69, 9.17) is 0 Å². The lowest BCUT2D eigenvalue weighted by Gasteiger charge is -1.95. The zero-order valence-electron chi connectivity index (χ0n) is 11.8. The maximum atomic E-state index is 10.1. The van der Waals surface area contributed by atoms with Gasteiger partial charge >= 0.3 is 0 Å². The number of rotatable bonds is 12. The lowest BCUT2D eigenvalue weighted by atomic mass is 10.1. The normalized spacial score (nSPS) is 12.1. The van der Waals surface area contributed by atoms with Crippen LogP contribution in [-0.2, 0) is 4.79 Å². The number of unbranched alkanes of at least 4 members (excludes halogenated alkanes) is 5. The summed E-state index contributed by atoms with van der Waals surface area (Å²) in [5.41, 5.74) is 0. The van der Waals surface area contributed by atoms with Gasteiger partial charge in [0.2, 0.25) is 0 Å². The first-order valence-corrected chi connectivity index (χ1v) is 7.30. The van der Waals surface area contributed by atoms with E-state index in [-0.39, 0.29) is 0 Å². The van der Waals surface area contributed by atoms with Crippen molar-refractivity contribution in [1.82, 2.24) is 0 Å². The van der Waals surface area contributed by atoms with Crippen LogP contribution in [0.15, 0.2) is 36.5 Å². The number of hydrogen-bond donors (Lipinski definition) is 0. The van der Waals surface area contributed by atoms with E-state index >= 15 is 0 Å². The first kappa shape index (κ1) is 16.9. The van der Waals surface area contributed by atoms with Gasteiger partial charge in [0.25, 0.3) is 0 Å². The Kier molecular flexibility index (Phi) is 14.9. The van der Waals surface area contributed by atoms with Gasteiger partial charge in [0.05, 0.1) is 0 Å². The summed E-state index contributed by atoms with van der Waals surface area (Å²) in [6.45, 7) is 2.15. The summed E-state index contributed by atoms with van der Waals surface area (Å²) in [5, 5.41) is 0. The molecular weight excluding hydrogens is 220 g/mol. The van der Waals surface area contributed by atoms with E-state index in [0.717, 1.165) is 38.4 Å².